The van der Waals surface area contributed by atoms with Crippen LogP contribution in [0.4, 0.5) is 4.39 Å². The summed E-state index contributed by atoms with van der Waals surface area (Å²) in [7, 11) is 0. The maximum absolute atomic E-state index is 14.1. The van der Waals surface area contributed by atoms with E-state index in [1.165, 1.54) is 63.0 Å². The van der Waals surface area contributed by atoms with E-state index < -0.39 is 0 Å². The van der Waals surface area contributed by atoms with Crippen LogP contribution in [0.5, 0.6) is 5.75 Å². The number of rotatable bonds is 8. The fraction of sp³-hybridized carbons (Fsp3) is 0.500. The maximum Gasteiger partial charge on any atom is 0.166 e. The first-order chi connectivity index (χ1) is 14.7. The highest BCUT2D eigenvalue weighted by Gasteiger charge is 2.21. The molecule has 1 saturated carbocycles. The first-order valence-electron chi connectivity index (χ1n) is 11.7. The van der Waals surface area contributed by atoms with E-state index in [0.717, 1.165) is 17.9 Å². The third-order valence-corrected chi connectivity index (χ3v) is 6.19. The number of benzene rings is 2. The van der Waals surface area contributed by atoms with Crippen molar-refractivity contribution in [1.82, 2.24) is 0 Å². The second-order valence-electron chi connectivity index (χ2n) is 8.58. The Morgan fingerprint density at radius 1 is 0.867 bits per heavy atom. The summed E-state index contributed by atoms with van der Waals surface area (Å²) in [4.78, 5) is 0. The average Bonchev–Trinajstić information content (AvgIpc) is 2.78. The van der Waals surface area contributed by atoms with Crippen LogP contribution in [-0.2, 0) is 0 Å². The lowest BCUT2D eigenvalue weighted by atomic mass is 9.77. The summed E-state index contributed by atoms with van der Waals surface area (Å²) in [5.74, 6) is 7.81. The predicted molar refractivity (Wildman–Crippen MR) is 123 cm³/mol. The van der Waals surface area contributed by atoms with Gasteiger partial charge < -0.3 is 4.74 Å². The van der Waals surface area contributed by atoms with Gasteiger partial charge in [0.05, 0.1) is 6.61 Å². The van der Waals surface area contributed by atoms with Gasteiger partial charge in [-0.05, 0) is 79.8 Å². The Bertz CT molecular complexity index is 835. The molecule has 0 aromatic heterocycles. The molecule has 3 rings (SSSR count). The third-order valence-electron chi connectivity index (χ3n) is 6.19. The standard InChI is InChI=1S/C28H35FO/c1-3-5-6-7-22-10-15-25(16-11-22)26-17-12-23(13-18-26)8-9-24-14-19-28(27(29)21-24)30-20-4-2/h12-14,17-19,21-22,25H,3-7,10-11,15-16,20H2,1-2H3. The van der Waals surface area contributed by atoms with Crippen molar-refractivity contribution in [2.75, 3.05) is 6.61 Å². The van der Waals surface area contributed by atoms with Crippen LogP contribution in [0.15, 0.2) is 42.5 Å². The molecule has 0 bridgehead atoms. The van der Waals surface area contributed by atoms with Crippen LogP contribution in [0.2, 0.25) is 0 Å². The van der Waals surface area contributed by atoms with Crippen molar-refractivity contribution in [3.05, 3.63) is 65.0 Å². The van der Waals surface area contributed by atoms with Crippen LogP contribution in [0, 0.1) is 23.6 Å². The molecule has 0 amide bonds. The van der Waals surface area contributed by atoms with Gasteiger partial charge in [0.25, 0.3) is 0 Å². The fourth-order valence-corrected chi connectivity index (χ4v) is 4.36. The summed E-state index contributed by atoms with van der Waals surface area (Å²) in [5, 5.41) is 0. The monoisotopic (exact) mass is 406 g/mol. The Balaban J connectivity index is 1.54. The van der Waals surface area contributed by atoms with Crippen LogP contribution in [0.25, 0.3) is 0 Å². The first kappa shape index (κ1) is 22.4. The minimum atomic E-state index is -0.351. The average molecular weight is 407 g/mol. The van der Waals surface area contributed by atoms with Gasteiger partial charge in [-0.15, -0.1) is 0 Å². The van der Waals surface area contributed by atoms with Gasteiger partial charge in [0.1, 0.15) is 0 Å². The molecule has 0 unspecified atom stereocenters. The van der Waals surface area contributed by atoms with E-state index in [1.807, 2.05) is 13.0 Å². The van der Waals surface area contributed by atoms with Gasteiger partial charge in [0, 0.05) is 11.1 Å². The molecule has 2 aromatic carbocycles. The number of hydrogen-bond acceptors (Lipinski definition) is 1. The highest BCUT2D eigenvalue weighted by atomic mass is 19.1. The smallest absolute Gasteiger partial charge is 0.166 e. The second kappa shape index (κ2) is 11.8. The van der Waals surface area contributed by atoms with Crippen molar-refractivity contribution in [3.8, 4) is 17.6 Å². The minimum absolute atomic E-state index is 0.298. The molecule has 0 spiro atoms. The van der Waals surface area contributed by atoms with Crippen molar-refractivity contribution in [2.24, 2.45) is 5.92 Å². The van der Waals surface area contributed by atoms with Gasteiger partial charge in [-0.2, -0.15) is 0 Å². The summed E-state index contributed by atoms with van der Waals surface area (Å²) in [6, 6.07) is 13.6. The van der Waals surface area contributed by atoms with E-state index in [2.05, 4.69) is 43.0 Å². The molecule has 0 saturated heterocycles. The van der Waals surface area contributed by atoms with Crippen molar-refractivity contribution in [1.29, 1.82) is 0 Å². The zero-order valence-electron chi connectivity index (χ0n) is 18.6. The zero-order valence-corrected chi connectivity index (χ0v) is 18.6. The predicted octanol–water partition coefficient (Wildman–Crippen LogP) is 7.87. The van der Waals surface area contributed by atoms with Crippen LogP contribution >= 0.6 is 0 Å². The first-order valence-corrected chi connectivity index (χ1v) is 11.7. The summed E-state index contributed by atoms with van der Waals surface area (Å²) in [6.07, 6.45) is 11.8. The van der Waals surface area contributed by atoms with Gasteiger partial charge in [0.15, 0.2) is 11.6 Å². The molecule has 30 heavy (non-hydrogen) atoms. The van der Waals surface area contributed by atoms with Crippen molar-refractivity contribution < 1.29 is 9.13 Å². The molecule has 160 valence electrons. The molecule has 0 atom stereocenters. The third kappa shape index (κ3) is 6.63. The number of unbranched alkanes of at least 4 members (excludes halogenated alkanes) is 2. The van der Waals surface area contributed by atoms with Crippen molar-refractivity contribution >= 4 is 0 Å². The Labute approximate surface area is 182 Å². The van der Waals surface area contributed by atoms with Crippen LogP contribution in [0.3, 0.4) is 0 Å². The van der Waals surface area contributed by atoms with E-state index in [0.29, 0.717) is 23.8 Å². The maximum atomic E-state index is 14.1. The summed E-state index contributed by atoms with van der Waals surface area (Å²) < 4.78 is 19.5. The van der Waals surface area contributed by atoms with Crippen LogP contribution in [-0.4, -0.2) is 6.61 Å². The highest BCUT2D eigenvalue weighted by molar-refractivity contribution is 5.45. The Kier molecular flexibility index (Phi) is 8.81. The van der Waals surface area contributed by atoms with Gasteiger partial charge in [-0.1, -0.05) is 63.5 Å². The molecule has 0 radical (unpaired) electrons. The van der Waals surface area contributed by atoms with Gasteiger partial charge in [0.2, 0.25) is 0 Å². The Morgan fingerprint density at radius 3 is 2.23 bits per heavy atom. The second-order valence-corrected chi connectivity index (χ2v) is 8.58. The lowest BCUT2D eigenvalue weighted by Gasteiger charge is -2.29. The molecule has 0 aliphatic heterocycles. The highest BCUT2D eigenvalue weighted by Crippen LogP contribution is 2.37. The summed E-state index contributed by atoms with van der Waals surface area (Å²) >= 11 is 0. The molecule has 1 nitrogen and oxygen atoms in total. The van der Waals surface area contributed by atoms with E-state index in [-0.39, 0.29) is 5.82 Å². The van der Waals surface area contributed by atoms with E-state index >= 15 is 0 Å². The molecular weight excluding hydrogens is 371 g/mol. The van der Waals surface area contributed by atoms with Gasteiger partial charge in [-0.3, -0.25) is 0 Å². The SMILES string of the molecule is CCCCCC1CCC(c2ccc(C#Cc3ccc(OCCC)c(F)c3)cc2)CC1. The van der Waals surface area contributed by atoms with Crippen molar-refractivity contribution in [2.45, 2.75) is 77.6 Å². The fourth-order valence-electron chi connectivity index (χ4n) is 4.36. The van der Waals surface area contributed by atoms with E-state index in [1.54, 1.807) is 6.07 Å². The summed E-state index contributed by atoms with van der Waals surface area (Å²) in [5.41, 5.74) is 3.08. The van der Waals surface area contributed by atoms with E-state index in [9.17, 15) is 4.39 Å². The molecule has 2 aromatic rings. The zero-order chi connectivity index (χ0) is 21.2. The van der Waals surface area contributed by atoms with Crippen LogP contribution < -0.4 is 4.74 Å². The molecule has 1 fully saturated rings. The quantitative estimate of drug-likeness (QED) is 0.320. The molecule has 0 N–H and O–H groups in total. The molecule has 1 aliphatic rings. The normalized spacial score (nSPS) is 18.5. The topological polar surface area (TPSA) is 9.23 Å². The number of hydrogen-bond donors (Lipinski definition) is 0. The number of ether oxygens (including phenoxy) is 1. The molecule has 2 heteroatoms. The van der Waals surface area contributed by atoms with Crippen molar-refractivity contribution in [3.63, 3.8) is 0 Å². The molecule has 0 heterocycles. The van der Waals surface area contributed by atoms with Gasteiger partial charge >= 0.3 is 0 Å². The lowest BCUT2D eigenvalue weighted by Crippen LogP contribution is -2.13. The summed E-state index contributed by atoms with van der Waals surface area (Å²) in [6.45, 7) is 4.81. The van der Waals surface area contributed by atoms with Crippen LogP contribution in [0.1, 0.15) is 94.2 Å². The lowest BCUT2D eigenvalue weighted by molar-refractivity contribution is 0.301. The van der Waals surface area contributed by atoms with Gasteiger partial charge in [-0.25, -0.2) is 4.39 Å². The Morgan fingerprint density at radius 2 is 1.57 bits per heavy atom. The largest absolute Gasteiger partial charge is 0.491 e. The Hall–Kier alpha value is -2.27. The van der Waals surface area contributed by atoms with E-state index in [4.69, 9.17) is 4.74 Å². The molecular formula is C28H35FO. The number of halogens is 1. The molecule has 1 aliphatic carbocycles. The minimum Gasteiger partial charge on any atom is -0.491 e.